The third kappa shape index (κ3) is 8.04. The average molecular weight is 256 g/mol. The molecule has 0 aliphatic heterocycles. The summed E-state index contributed by atoms with van der Waals surface area (Å²) >= 11 is 0. The van der Waals surface area contributed by atoms with Crippen molar-refractivity contribution < 1.29 is 4.79 Å². The van der Waals surface area contributed by atoms with Crippen molar-refractivity contribution in [2.24, 2.45) is 7.05 Å². The third-order valence-corrected chi connectivity index (χ3v) is 1.86. The second-order valence-electron chi connectivity index (χ2n) is 2.96. The van der Waals surface area contributed by atoms with Gasteiger partial charge in [-0.15, -0.1) is 0 Å². The number of hydrogen-bond acceptors (Lipinski definition) is 2. The van der Waals surface area contributed by atoms with Gasteiger partial charge in [-0.05, 0) is 13.3 Å². The predicted molar refractivity (Wildman–Crippen MR) is 81.2 cm³/mol. The first kappa shape index (κ1) is 22.1. The van der Waals surface area contributed by atoms with Crippen LogP contribution in [0.1, 0.15) is 77.5 Å². The van der Waals surface area contributed by atoms with Crippen LogP contribution in [0, 0.1) is 6.92 Å². The zero-order valence-corrected chi connectivity index (χ0v) is 13.8. The van der Waals surface area contributed by atoms with Crippen LogP contribution in [0.5, 0.6) is 0 Å². The molecule has 18 heavy (non-hydrogen) atoms. The minimum Gasteiger partial charge on any atom is -0.331 e. The minimum absolute atomic E-state index is 0.190. The molecule has 0 aliphatic carbocycles. The number of imidazole rings is 1. The highest BCUT2D eigenvalue weighted by Gasteiger charge is 2.12. The Morgan fingerprint density at radius 1 is 1.17 bits per heavy atom. The standard InChI is InChI=1S/C9H14N2O.3C2H6/c1-4-5-8(12)9-7(2)10-6-11(9)3;3*1-2/h6H,4-5H2,1-3H3;3*1-2H3. The van der Waals surface area contributed by atoms with Crippen LogP contribution in [0.3, 0.4) is 0 Å². The van der Waals surface area contributed by atoms with E-state index in [1.807, 2.05) is 62.4 Å². The topological polar surface area (TPSA) is 34.9 Å². The van der Waals surface area contributed by atoms with Crippen molar-refractivity contribution in [1.82, 2.24) is 9.55 Å². The van der Waals surface area contributed by atoms with E-state index >= 15 is 0 Å². The van der Waals surface area contributed by atoms with Crippen LogP contribution in [0.4, 0.5) is 0 Å². The first-order valence-corrected chi connectivity index (χ1v) is 7.18. The molecule has 0 saturated heterocycles. The molecule has 1 rings (SSSR count). The summed E-state index contributed by atoms with van der Waals surface area (Å²) in [7, 11) is 1.85. The van der Waals surface area contributed by atoms with Crippen molar-refractivity contribution in [3.63, 3.8) is 0 Å². The number of rotatable bonds is 3. The molecular formula is C15H32N2O. The number of carbonyl (C=O) groups excluding carboxylic acids is 1. The second kappa shape index (κ2) is 15.9. The average Bonchev–Trinajstić information content (AvgIpc) is 2.76. The molecule has 0 saturated carbocycles. The molecule has 1 heterocycles. The zero-order chi connectivity index (χ0) is 15.1. The van der Waals surface area contributed by atoms with E-state index in [0.717, 1.165) is 17.8 Å². The predicted octanol–water partition coefficient (Wildman–Crippen LogP) is 4.79. The first-order chi connectivity index (χ1) is 8.66. The SMILES string of the molecule is CC.CC.CC.CCCC(=O)c1c(C)ncn1C. The van der Waals surface area contributed by atoms with E-state index < -0.39 is 0 Å². The molecule has 0 bridgehead atoms. The van der Waals surface area contributed by atoms with Crippen molar-refractivity contribution >= 4 is 5.78 Å². The van der Waals surface area contributed by atoms with Crippen molar-refractivity contribution in [3.8, 4) is 0 Å². The van der Waals surface area contributed by atoms with Gasteiger partial charge in [-0.25, -0.2) is 4.98 Å². The number of ketones is 1. The second-order valence-corrected chi connectivity index (χ2v) is 2.96. The van der Waals surface area contributed by atoms with Crippen molar-refractivity contribution in [2.45, 2.75) is 68.2 Å². The maximum Gasteiger partial charge on any atom is 0.181 e. The summed E-state index contributed by atoms with van der Waals surface area (Å²) in [6.45, 7) is 15.9. The lowest BCUT2D eigenvalue weighted by molar-refractivity contribution is 0.0973. The van der Waals surface area contributed by atoms with Gasteiger partial charge in [-0.3, -0.25) is 4.79 Å². The number of carbonyl (C=O) groups is 1. The lowest BCUT2D eigenvalue weighted by atomic mass is 10.1. The highest BCUT2D eigenvalue weighted by molar-refractivity contribution is 5.95. The van der Waals surface area contributed by atoms with E-state index in [1.54, 1.807) is 10.9 Å². The maximum atomic E-state index is 11.5. The van der Waals surface area contributed by atoms with Gasteiger partial charge in [0.05, 0.1) is 12.0 Å². The van der Waals surface area contributed by atoms with Gasteiger partial charge in [-0.2, -0.15) is 0 Å². The molecule has 3 nitrogen and oxygen atoms in total. The number of Topliss-reactive ketones (excluding diaryl/α,β-unsaturated/α-hetero) is 1. The van der Waals surface area contributed by atoms with E-state index in [0.29, 0.717) is 6.42 Å². The van der Waals surface area contributed by atoms with E-state index in [4.69, 9.17) is 0 Å². The smallest absolute Gasteiger partial charge is 0.181 e. The van der Waals surface area contributed by atoms with Gasteiger partial charge < -0.3 is 4.57 Å². The summed E-state index contributed by atoms with van der Waals surface area (Å²) in [4.78, 5) is 15.5. The molecular weight excluding hydrogens is 224 g/mol. The summed E-state index contributed by atoms with van der Waals surface area (Å²) in [5.74, 6) is 0.190. The van der Waals surface area contributed by atoms with Crippen molar-refractivity contribution in [2.75, 3.05) is 0 Å². The molecule has 0 unspecified atom stereocenters. The summed E-state index contributed by atoms with van der Waals surface area (Å²) < 4.78 is 1.79. The van der Waals surface area contributed by atoms with Crippen LogP contribution >= 0.6 is 0 Å². The van der Waals surface area contributed by atoms with Gasteiger partial charge >= 0.3 is 0 Å². The lowest BCUT2D eigenvalue weighted by Crippen LogP contribution is -2.06. The Bertz CT molecular complexity index is 271. The van der Waals surface area contributed by atoms with Gasteiger partial charge in [0.25, 0.3) is 0 Å². The fourth-order valence-corrected chi connectivity index (χ4v) is 1.29. The largest absolute Gasteiger partial charge is 0.331 e. The van der Waals surface area contributed by atoms with Crippen molar-refractivity contribution in [1.29, 1.82) is 0 Å². The van der Waals surface area contributed by atoms with Gasteiger partial charge in [0.15, 0.2) is 5.78 Å². The van der Waals surface area contributed by atoms with Crippen LogP contribution < -0.4 is 0 Å². The molecule has 0 radical (unpaired) electrons. The van der Waals surface area contributed by atoms with Crippen molar-refractivity contribution in [3.05, 3.63) is 17.7 Å². The molecule has 0 N–H and O–H groups in total. The molecule has 1 aromatic rings. The van der Waals surface area contributed by atoms with Gasteiger partial charge in [-0.1, -0.05) is 48.5 Å². The van der Waals surface area contributed by atoms with Crippen LogP contribution in [-0.4, -0.2) is 15.3 Å². The highest BCUT2D eigenvalue weighted by Crippen LogP contribution is 2.08. The molecule has 0 aromatic carbocycles. The number of nitrogens with zero attached hydrogens (tertiary/aromatic N) is 2. The zero-order valence-electron chi connectivity index (χ0n) is 13.8. The van der Waals surface area contributed by atoms with E-state index in [9.17, 15) is 4.79 Å². The molecule has 0 amide bonds. The Morgan fingerprint density at radius 2 is 1.61 bits per heavy atom. The Balaban J connectivity index is -0.000000328. The summed E-state index contributed by atoms with van der Waals surface area (Å²) in [6, 6.07) is 0. The quantitative estimate of drug-likeness (QED) is 0.729. The fourth-order valence-electron chi connectivity index (χ4n) is 1.29. The molecule has 0 spiro atoms. The molecule has 0 fully saturated rings. The van der Waals surface area contributed by atoms with E-state index in [-0.39, 0.29) is 5.78 Å². The Labute approximate surface area is 114 Å². The molecule has 1 aromatic heterocycles. The van der Waals surface area contributed by atoms with E-state index in [1.165, 1.54) is 0 Å². The van der Waals surface area contributed by atoms with Crippen LogP contribution in [0.25, 0.3) is 0 Å². The van der Waals surface area contributed by atoms with Gasteiger partial charge in [0.2, 0.25) is 0 Å². The summed E-state index contributed by atoms with van der Waals surface area (Å²) in [5, 5.41) is 0. The number of hydrogen-bond donors (Lipinski definition) is 0. The van der Waals surface area contributed by atoms with Gasteiger partial charge in [0, 0.05) is 13.5 Å². The normalized spacial score (nSPS) is 7.83. The van der Waals surface area contributed by atoms with Crippen LogP contribution in [0.15, 0.2) is 6.33 Å². The summed E-state index contributed by atoms with van der Waals surface area (Å²) in [6.07, 6.45) is 3.18. The van der Waals surface area contributed by atoms with Gasteiger partial charge in [0.1, 0.15) is 5.69 Å². The molecule has 0 atom stereocenters. The minimum atomic E-state index is 0.190. The Kier molecular flexibility index (Phi) is 19.5. The Morgan fingerprint density at radius 3 is 1.89 bits per heavy atom. The third-order valence-electron chi connectivity index (χ3n) is 1.86. The lowest BCUT2D eigenvalue weighted by Gasteiger charge is -2.00. The summed E-state index contributed by atoms with van der Waals surface area (Å²) in [5.41, 5.74) is 1.58. The number of aromatic nitrogens is 2. The number of aryl methyl sites for hydroxylation is 2. The maximum absolute atomic E-state index is 11.5. The molecule has 3 heteroatoms. The van der Waals surface area contributed by atoms with E-state index in [2.05, 4.69) is 4.98 Å². The molecule has 108 valence electrons. The Hall–Kier alpha value is -1.12. The fraction of sp³-hybridized carbons (Fsp3) is 0.733. The van der Waals surface area contributed by atoms with Crippen LogP contribution in [0.2, 0.25) is 0 Å². The highest BCUT2D eigenvalue weighted by atomic mass is 16.1. The first-order valence-electron chi connectivity index (χ1n) is 7.18. The van der Waals surface area contributed by atoms with Crippen LogP contribution in [-0.2, 0) is 7.05 Å². The monoisotopic (exact) mass is 256 g/mol. The molecule has 0 aliphatic rings.